The van der Waals surface area contributed by atoms with Crippen LogP contribution < -0.4 is 10.0 Å². The number of benzene rings is 1. The van der Waals surface area contributed by atoms with Crippen molar-refractivity contribution in [2.75, 3.05) is 12.8 Å². The number of carboxylic acid groups (broad SMARTS) is 1. The zero-order chi connectivity index (χ0) is 17.2. The van der Waals surface area contributed by atoms with Gasteiger partial charge in [-0.3, -0.25) is 9.59 Å². The molecule has 23 heavy (non-hydrogen) atoms. The van der Waals surface area contributed by atoms with Crippen LogP contribution in [-0.2, 0) is 26.0 Å². The van der Waals surface area contributed by atoms with Gasteiger partial charge in [0.15, 0.2) is 0 Å². The molecule has 1 aliphatic carbocycles. The first-order chi connectivity index (χ1) is 10.7. The van der Waals surface area contributed by atoms with Crippen molar-refractivity contribution in [3.8, 4) is 0 Å². The van der Waals surface area contributed by atoms with Crippen molar-refractivity contribution in [3.63, 3.8) is 0 Å². The molecule has 2 rings (SSSR count). The molecule has 124 valence electrons. The average molecular weight is 359 g/mol. The van der Waals surface area contributed by atoms with Gasteiger partial charge < -0.3 is 10.4 Å². The van der Waals surface area contributed by atoms with Crippen LogP contribution in [0, 0.1) is 0 Å². The molecule has 0 heterocycles. The Balaban J connectivity index is 2.24. The highest BCUT2D eigenvalue weighted by atomic mass is 35.5. The standard InChI is InChI=1S/C14H15ClN2O5S/c1-23(21,22)17-12-5-3-8-9(12)2-4-11(15)10(8)6-13(18)16-7-14(19)20/h2-5,12,17H,6-7H2,1H3,(H,16,18)(H,19,20). The topological polar surface area (TPSA) is 113 Å². The highest BCUT2D eigenvalue weighted by molar-refractivity contribution is 7.88. The Morgan fingerprint density at radius 3 is 2.65 bits per heavy atom. The summed E-state index contributed by atoms with van der Waals surface area (Å²) in [5.41, 5.74) is 1.89. The quantitative estimate of drug-likeness (QED) is 0.693. The molecule has 0 spiro atoms. The molecule has 1 aromatic carbocycles. The second-order valence-corrected chi connectivity index (χ2v) is 7.29. The summed E-state index contributed by atoms with van der Waals surface area (Å²) in [4.78, 5) is 22.3. The Morgan fingerprint density at radius 2 is 2.04 bits per heavy atom. The van der Waals surface area contributed by atoms with E-state index in [-0.39, 0.29) is 6.42 Å². The van der Waals surface area contributed by atoms with E-state index in [4.69, 9.17) is 16.7 Å². The summed E-state index contributed by atoms with van der Waals surface area (Å²) in [6, 6.07) is 2.77. The lowest BCUT2D eigenvalue weighted by molar-refractivity contribution is -0.137. The molecule has 0 aliphatic heterocycles. The van der Waals surface area contributed by atoms with E-state index in [0.29, 0.717) is 21.7 Å². The number of hydrogen-bond acceptors (Lipinski definition) is 4. The van der Waals surface area contributed by atoms with Crippen LogP contribution in [0.2, 0.25) is 5.02 Å². The van der Waals surface area contributed by atoms with E-state index in [1.807, 2.05) is 0 Å². The number of sulfonamides is 1. The minimum absolute atomic E-state index is 0.0920. The molecule has 1 amide bonds. The number of carboxylic acids is 1. The summed E-state index contributed by atoms with van der Waals surface area (Å²) < 4.78 is 25.2. The van der Waals surface area contributed by atoms with Crippen LogP contribution in [0.4, 0.5) is 0 Å². The molecule has 1 atom stereocenters. The van der Waals surface area contributed by atoms with Crippen molar-refractivity contribution in [2.45, 2.75) is 12.5 Å². The summed E-state index contributed by atoms with van der Waals surface area (Å²) >= 11 is 6.13. The van der Waals surface area contributed by atoms with Gasteiger partial charge in [-0.25, -0.2) is 13.1 Å². The number of nitrogens with one attached hydrogen (secondary N) is 2. The number of amides is 1. The third-order valence-electron chi connectivity index (χ3n) is 3.24. The van der Waals surface area contributed by atoms with E-state index in [0.717, 1.165) is 6.26 Å². The van der Waals surface area contributed by atoms with E-state index in [1.54, 1.807) is 24.3 Å². The number of carbonyl (C=O) groups excluding carboxylic acids is 1. The predicted octanol–water partition coefficient (Wildman–Crippen LogP) is 0.700. The summed E-state index contributed by atoms with van der Waals surface area (Å²) in [5.74, 6) is -1.62. The number of rotatable bonds is 6. The zero-order valence-electron chi connectivity index (χ0n) is 12.2. The Labute approximate surface area is 138 Å². The smallest absolute Gasteiger partial charge is 0.322 e. The first-order valence-electron chi connectivity index (χ1n) is 6.62. The fraction of sp³-hybridized carbons (Fsp3) is 0.286. The van der Waals surface area contributed by atoms with Gasteiger partial charge in [0.25, 0.3) is 0 Å². The van der Waals surface area contributed by atoms with Gasteiger partial charge >= 0.3 is 5.97 Å². The van der Waals surface area contributed by atoms with Gasteiger partial charge in [0.05, 0.1) is 18.7 Å². The summed E-state index contributed by atoms with van der Waals surface area (Å²) in [6.07, 6.45) is 4.34. The average Bonchev–Trinajstić information content (AvgIpc) is 2.81. The minimum atomic E-state index is -3.39. The van der Waals surface area contributed by atoms with Crippen molar-refractivity contribution in [2.24, 2.45) is 0 Å². The molecular weight excluding hydrogens is 344 g/mol. The maximum absolute atomic E-state index is 11.8. The Bertz CT molecular complexity index is 789. The van der Waals surface area contributed by atoms with Crippen molar-refractivity contribution in [3.05, 3.63) is 39.9 Å². The highest BCUT2D eigenvalue weighted by Crippen LogP contribution is 2.35. The van der Waals surface area contributed by atoms with Gasteiger partial charge in [-0.2, -0.15) is 0 Å². The third kappa shape index (κ3) is 4.54. The lowest BCUT2D eigenvalue weighted by atomic mass is 9.99. The fourth-order valence-electron chi connectivity index (χ4n) is 2.33. The molecule has 1 aromatic rings. The highest BCUT2D eigenvalue weighted by Gasteiger charge is 2.24. The third-order valence-corrected chi connectivity index (χ3v) is 4.28. The van der Waals surface area contributed by atoms with Crippen molar-refractivity contribution in [1.29, 1.82) is 0 Å². The van der Waals surface area contributed by atoms with Crippen molar-refractivity contribution < 1.29 is 23.1 Å². The van der Waals surface area contributed by atoms with E-state index in [2.05, 4.69) is 10.0 Å². The van der Waals surface area contributed by atoms with E-state index in [1.165, 1.54) is 0 Å². The van der Waals surface area contributed by atoms with Gasteiger partial charge in [0.1, 0.15) is 6.54 Å². The van der Waals surface area contributed by atoms with Crippen LogP contribution in [0.5, 0.6) is 0 Å². The normalized spacial score (nSPS) is 16.2. The van der Waals surface area contributed by atoms with Crippen LogP contribution in [0.1, 0.15) is 22.7 Å². The Kier molecular flexibility index (Phi) is 5.08. The maximum Gasteiger partial charge on any atom is 0.322 e. The van der Waals surface area contributed by atoms with Crippen LogP contribution in [0.25, 0.3) is 6.08 Å². The zero-order valence-corrected chi connectivity index (χ0v) is 13.7. The predicted molar refractivity (Wildman–Crippen MR) is 85.6 cm³/mol. The van der Waals surface area contributed by atoms with E-state index >= 15 is 0 Å². The molecule has 0 saturated carbocycles. The number of aliphatic carboxylic acids is 1. The molecule has 1 unspecified atom stereocenters. The second-order valence-electron chi connectivity index (χ2n) is 5.10. The molecule has 1 aliphatic rings. The molecular formula is C14H15ClN2O5S. The van der Waals surface area contributed by atoms with Crippen LogP contribution in [0.3, 0.4) is 0 Å². The largest absolute Gasteiger partial charge is 0.480 e. The van der Waals surface area contributed by atoms with E-state index < -0.39 is 34.5 Å². The maximum atomic E-state index is 11.8. The van der Waals surface area contributed by atoms with Gasteiger partial charge in [-0.15, -0.1) is 0 Å². The fourth-order valence-corrected chi connectivity index (χ4v) is 3.23. The number of halogens is 1. The first kappa shape index (κ1) is 17.5. The molecule has 0 radical (unpaired) electrons. The minimum Gasteiger partial charge on any atom is -0.480 e. The lowest BCUT2D eigenvalue weighted by Gasteiger charge is -2.15. The molecule has 0 aromatic heterocycles. The molecule has 0 saturated heterocycles. The Hall–Kier alpha value is -1.90. The second kappa shape index (κ2) is 6.69. The molecule has 9 heteroatoms. The van der Waals surface area contributed by atoms with Crippen LogP contribution in [0.15, 0.2) is 18.2 Å². The number of hydrogen-bond donors (Lipinski definition) is 3. The van der Waals surface area contributed by atoms with Crippen molar-refractivity contribution in [1.82, 2.24) is 10.0 Å². The van der Waals surface area contributed by atoms with Crippen LogP contribution >= 0.6 is 11.6 Å². The summed E-state index contributed by atoms with van der Waals surface area (Å²) in [7, 11) is -3.39. The molecule has 3 N–H and O–H groups in total. The first-order valence-corrected chi connectivity index (χ1v) is 8.89. The van der Waals surface area contributed by atoms with Crippen molar-refractivity contribution >= 4 is 39.6 Å². The summed E-state index contributed by atoms with van der Waals surface area (Å²) in [5, 5.41) is 11.2. The van der Waals surface area contributed by atoms with Gasteiger partial charge in [-0.05, 0) is 22.8 Å². The van der Waals surface area contributed by atoms with Gasteiger partial charge in [0, 0.05) is 5.02 Å². The van der Waals surface area contributed by atoms with E-state index in [9.17, 15) is 18.0 Å². The van der Waals surface area contributed by atoms with Crippen LogP contribution in [-0.4, -0.2) is 38.2 Å². The van der Waals surface area contributed by atoms with Gasteiger partial charge in [0.2, 0.25) is 15.9 Å². The summed E-state index contributed by atoms with van der Waals surface area (Å²) in [6.45, 7) is -0.473. The molecule has 7 nitrogen and oxygen atoms in total. The number of carbonyl (C=O) groups is 2. The Morgan fingerprint density at radius 1 is 1.35 bits per heavy atom. The SMILES string of the molecule is CS(=O)(=O)NC1C=Cc2c1ccc(Cl)c2CC(=O)NCC(=O)O. The van der Waals surface area contributed by atoms with Gasteiger partial charge in [-0.1, -0.05) is 29.8 Å². The molecule has 0 bridgehead atoms. The number of fused-ring (bicyclic) bond motifs is 1. The monoisotopic (exact) mass is 358 g/mol. The molecule has 0 fully saturated rings. The lowest BCUT2D eigenvalue weighted by Crippen LogP contribution is -2.30.